The van der Waals surface area contributed by atoms with Crippen molar-refractivity contribution in [1.82, 2.24) is 5.32 Å². The van der Waals surface area contributed by atoms with E-state index in [1.807, 2.05) is 0 Å². The lowest BCUT2D eigenvalue weighted by Crippen LogP contribution is -2.22. The van der Waals surface area contributed by atoms with Gasteiger partial charge in [-0.15, -0.1) is 3.63 Å². The molecule has 84 valence electrons. The molecular formula is C6H13NO5S2. The van der Waals surface area contributed by atoms with Crippen LogP contribution in [-0.2, 0) is 23.9 Å². The molecule has 0 aliphatic carbocycles. The maximum Gasteiger partial charge on any atom is 0.282 e. The Balaban J connectivity index is 2.58. The highest BCUT2D eigenvalue weighted by Crippen LogP contribution is 2.12. The van der Waals surface area contributed by atoms with Gasteiger partial charge in [0.25, 0.3) is 20.2 Å². The minimum absolute atomic E-state index is 0.0539. The van der Waals surface area contributed by atoms with Gasteiger partial charge in [0.1, 0.15) is 0 Å². The van der Waals surface area contributed by atoms with Gasteiger partial charge in [-0.3, -0.25) is 0 Å². The van der Waals surface area contributed by atoms with Crippen LogP contribution in [0.5, 0.6) is 0 Å². The van der Waals surface area contributed by atoms with Crippen LogP contribution in [0, 0.1) is 5.92 Å². The van der Waals surface area contributed by atoms with Crippen molar-refractivity contribution in [2.45, 2.75) is 6.42 Å². The second kappa shape index (κ2) is 4.13. The molecule has 1 rings (SSSR count). The van der Waals surface area contributed by atoms with E-state index in [2.05, 4.69) is 8.95 Å². The van der Waals surface area contributed by atoms with Gasteiger partial charge in [0.05, 0.1) is 12.0 Å². The first-order valence-electron chi connectivity index (χ1n) is 4.13. The van der Waals surface area contributed by atoms with Gasteiger partial charge in [-0.1, -0.05) is 0 Å². The molecule has 1 fully saturated rings. The molecule has 0 bridgehead atoms. The Morgan fingerprint density at radius 3 is 2.43 bits per heavy atom. The van der Waals surface area contributed by atoms with E-state index in [0.29, 0.717) is 6.54 Å². The van der Waals surface area contributed by atoms with Crippen LogP contribution in [0.25, 0.3) is 0 Å². The Hall–Kier alpha value is -0.180. The monoisotopic (exact) mass is 243 g/mol. The third-order valence-electron chi connectivity index (χ3n) is 1.83. The highest BCUT2D eigenvalue weighted by molar-refractivity contribution is 7.99. The first kappa shape index (κ1) is 11.9. The summed E-state index contributed by atoms with van der Waals surface area (Å²) in [6.45, 7) is 1.35. The molecule has 0 aromatic heterocycles. The highest BCUT2D eigenvalue weighted by atomic mass is 32.3. The molecule has 1 heterocycles. The van der Waals surface area contributed by atoms with Crippen LogP contribution in [-0.4, -0.2) is 41.9 Å². The second-order valence-electron chi connectivity index (χ2n) is 3.36. The SMILES string of the molecule is CS(=O)(=O)OS(=O)(=O)C[C@H]1CCNC1. The average Bonchev–Trinajstić information content (AvgIpc) is 2.31. The van der Waals surface area contributed by atoms with E-state index in [4.69, 9.17) is 0 Å². The first-order valence-corrected chi connectivity index (χ1v) is 7.52. The van der Waals surface area contributed by atoms with Crippen molar-refractivity contribution in [2.75, 3.05) is 25.1 Å². The van der Waals surface area contributed by atoms with Crippen molar-refractivity contribution in [3.8, 4) is 0 Å². The van der Waals surface area contributed by atoms with E-state index >= 15 is 0 Å². The van der Waals surface area contributed by atoms with Crippen molar-refractivity contribution < 1.29 is 20.5 Å². The lowest BCUT2D eigenvalue weighted by Gasteiger charge is -2.07. The van der Waals surface area contributed by atoms with Crippen LogP contribution in [0.4, 0.5) is 0 Å². The average molecular weight is 243 g/mol. The molecule has 0 aromatic carbocycles. The summed E-state index contributed by atoms with van der Waals surface area (Å²) >= 11 is 0. The molecule has 1 aliphatic rings. The number of hydrogen-bond acceptors (Lipinski definition) is 6. The van der Waals surface area contributed by atoms with Gasteiger partial charge >= 0.3 is 0 Å². The van der Waals surface area contributed by atoms with Crippen molar-refractivity contribution >= 4 is 20.2 Å². The minimum atomic E-state index is -3.95. The number of hydrogen-bond donors (Lipinski definition) is 1. The van der Waals surface area contributed by atoms with Crippen molar-refractivity contribution in [3.63, 3.8) is 0 Å². The molecule has 0 saturated carbocycles. The van der Waals surface area contributed by atoms with E-state index < -0.39 is 20.2 Å². The molecule has 8 heteroatoms. The molecule has 0 aromatic rings. The third kappa shape index (κ3) is 4.36. The van der Waals surface area contributed by atoms with Gasteiger partial charge in [0.15, 0.2) is 0 Å². The second-order valence-corrected chi connectivity index (χ2v) is 6.76. The largest absolute Gasteiger partial charge is 0.316 e. The molecular weight excluding hydrogens is 230 g/mol. The van der Waals surface area contributed by atoms with E-state index in [1.165, 1.54) is 0 Å². The van der Waals surface area contributed by atoms with E-state index in [-0.39, 0.29) is 11.7 Å². The predicted octanol–water partition coefficient (Wildman–Crippen LogP) is -1.10. The molecule has 0 spiro atoms. The molecule has 14 heavy (non-hydrogen) atoms. The van der Waals surface area contributed by atoms with Crippen molar-refractivity contribution in [2.24, 2.45) is 5.92 Å². The van der Waals surface area contributed by atoms with Crippen LogP contribution >= 0.6 is 0 Å². The van der Waals surface area contributed by atoms with Crippen molar-refractivity contribution in [3.05, 3.63) is 0 Å². The quantitative estimate of drug-likeness (QED) is 0.674. The van der Waals surface area contributed by atoms with Crippen LogP contribution in [0.1, 0.15) is 6.42 Å². The number of nitrogens with one attached hydrogen (secondary N) is 1. The van der Waals surface area contributed by atoms with Gasteiger partial charge in [0.2, 0.25) is 0 Å². The summed E-state index contributed by atoms with van der Waals surface area (Å²) in [4.78, 5) is 0. The van der Waals surface area contributed by atoms with Crippen LogP contribution < -0.4 is 5.32 Å². The van der Waals surface area contributed by atoms with E-state index in [9.17, 15) is 16.8 Å². The summed E-state index contributed by atoms with van der Waals surface area (Å²) in [5.74, 6) is -0.297. The molecule has 6 nitrogen and oxygen atoms in total. The van der Waals surface area contributed by atoms with Crippen molar-refractivity contribution in [1.29, 1.82) is 0 Å². The topological polar surface area (TPSA) is 89.5 Å². The Bertz CT molecular complexity index is 378. The lowest BCUT2D eigenvalue weighted by atomic mass is 10.2. The van der Waals surface area contributed by atoms with E-state index in [0.717, 1.165) is 19.2 Å². The Morgan fingerprint density at radius 1 is 1.36 bits per heavy atom. The summed E-state index contributed by atoms with van der Waals surface area (Å²) in [5.41, 5.74) is 0. The molecule has 1 atom stereocenters. The van der Waals surface area contributed by atoms with Gasteiger partial charge < -0.3 is 5.32 Å². The molecule has 0 radical (unpaired) electrons. The third-order valence-corrected chi connectivity index (χ3v) is 4.53. The Labute approximate surface area is 83.9 Å². The Morgan fingerprint density at radius 2 is 2.00 bits per heavy atom. The first-order chi connectivity index (χ1) is 6.29. The van der Waals surface area contributed by atoms with Gasteiger partial charge in [0, 0.05) is 0 Å². The van der Waals surface area contributed by atoms with Gasteiger partial charge in [-0.2, -0.15) is 16.8 Å². The zero-order valence-electron chi connectivity index (χ0n) is 7.76. The molecule has 1 N–H and O–H groups in total. The summed E-state index contributed by atoms with van der Waals surface area (Å²) < 4.78 is 47.6. The zero-order valence-corrected chi connectivity index (χ0v) is 9.40. The lowest BCUT2D eigenvalue weighted by molar-refractivity contribution is 0.457. The van der Waals surface area contributed by atoms with Crippen LogP contribution in [0.2, 0.25) is 0 Å². The minimum Gasteiger partial charge on any atom is -0.316 e. The maximum absolute atomic E-state index is 11.2. The van der Waals surface area contributed by atoms with Crippen LogP contribution in [0.15, 0.2) is 0 Å². The fourth-order valence-corrected chi connectivity index (χ4v) is 3.95. The predicted molar refractivity (Wildman–Crippen MR) is 50.7 cm³/mol. The summed E-state index contributed by atoms with van der Waals surface area (Å²) in [6, 6.07) is 0. The van der Waals surface area contributed by atoms with Crippen LogP contribution in [0.3, 0.4) is 0 Å². The fourth-order valence-electron chi connectivity index (χ4n) is 1.36. The zero-order chi connectivity index (χ0) is 10.8. The summed E-state index contributed by atoms with van der Waals surface area (Å²) in [7, 11) is -7.88. The molecule has 1 saturated heterocycles. The van der Waals surface area contributed by atoms with Gasteiger partial charge in [-0.25, -0.2) is 0 Å². The maximum atomic E-state index is 11.2. The van der Waals surface area contributed by atoms with E-state index in [1.54, 1.807) is 0 Å². The molecule has 0 amide bonds. The summed E-state index contributed by atoms with van der Waals surface area (Å²) in [5, 5.41) is 2.99. The fraction of sp³-hybridized carbons (Fsp3) is 1.00. The highest BCUT2D eigenvalue weighted by Gasteiger charge is 2.25. The Kier molecular flexibility index (Phi) is 3.51. The summed E-state index contributed by atoms with van der Waals surface area (Å²) in [6.07, 6.45) is 1.45. The molecule has 1 aliphatic heterocycles. The normalized spacial score (nSPS) is 23.9. The smallest absolute Gasteiger partial charge is 0.282 e. The van der Waals surface area contributed by atoms with Gasteiger partial charge in [-0.05, 0) is 25.4 Å². The number of rotatable bonds is 4. The standard InChI is InChI=1S/C6H13NO5S2/c1-13(8,9)12-14(10,11)5-6-2-3-7-4-6/h6-7H,2-5H2,1H3/t6-/m0/s1. The molecule has 0 unspecified atom stereocenters.